The first-order valence-corrected chi connectivity index (χ1v) is 9.66. The number of hydrogen-bond acceptors (Lipinski definition) is 6. The third-order valence-corrected chi connectivity index (χ3v) is 5.71. The first-order chi connectivity index (χ1) is 13.2. The van der Waals surface area contributed by atoms with Crippen LogP contribution in [0.1, 0.15) is 31.5 Å². The number of carbonyl (C=O) groups excluding carboxylic acids is 1. The lowest BCUT2D eigenvalue weighted by Gasteiger charge is -2.48. The van der Waals surface area contributed by atoms with Crippen molar-refractivity contribution in [3.05, 3.63) is 36.2 Å². The van der Waals surface area contributed by atoms with Crippen LogP contribution in [0.4, 0.5) is 0 Å². The molecule has 1 amide bonds. The van der Waals surface area contributed by atoms with E-state index in [1.165, 1.54) is 0 Å². The standard InChI is InChI=1S/C20H26N4O3/c25-12-11-24-15-20(9-7-18(24)26)8-4-10-23(14-20)13-17-21-19(27-22-17)16-5-2-1-3-6-16/h1-3,5-6,25H,4,7-15H2/t20-/m0/s1. The molecule has 0 bridgehead atoms. The molecule has 4 rings (SSSR count). The van der Waals surface area contributed by atoms with Crippen LogP contribution in [-0.2, 0) is 11.3 Å². The maximum atomic E-state index is 12.1. The number of benzene rings is 1. The van der Waals surface area contributed by atoms with Gasteiger partial charge in [-0.05, 0) is 37.9 Å². The minimum Gasteiger partial charge on any atom is -0.395 e. The summed E-state index contributed by atoms with van der Waals surface area (Å²) in [7, 11) is 0. The summed E-state index contributed by atoms with van der Waals surface area (Å²) in [5.41, 5.74) is 1.05. The van der Waals surface area contributed by atoms with Gasteiger partial charge in [0.25, 0.3) is 5.89 Å². The summed E-state index contributed by atoms with van der Waals surface area (Å²) in [6.07, 6.45) is 3.73. The van der Waals surface area contributed by atoms with Gasteiger partial charge < -0.3 is 14.5 Å². The van der Waals surface area contributed by atoms with Crippen LogP contribution in [0.2, 0.25) is 0 Å². The summed E-state index contributed by atoms with van der Waals surface area (Å²) in [5, 5.41) is 13.4. The second-order valence-corrected chi connectivity index (χ2v) is 7.73. The van der Waals surface area contributed by atoms with Crippen LogP contribution in [0.25, 0.3) is 11.5 Å². The number of aliphatic hydroxyl groups excluding tert-OH is 1. The van der Waals surface area contributed by atoms with Gasteiger partial charge in [-0.25, -0.2) is 0 Å². The number of carbonyl (C=O) groups is 1. The van der Waals surface area contributed by atoms with E-state index in [1.54, 1.807) is 0 Å². The van der Waals surface area contributed by atoms with E-state index in [2.05, 4.69) is 15.0 Å². The molecular formula is C20H26N4O3. The maximum Gasteiger partial charge on any atom is 0.257 e. The van der Waals surface area contributed by atoms with Gasteiger partial charge in [-0.1, -0.05) is 23.4 Å². The Morgan fingerprint density at radius 1 is 1.19 bits per heavy atom. The van der Waals surface area contributed by atoms with E-state index < -0.39 is 0 Å². The van der Waals surface area contributed by atoms with Gasteiger partial charge in [-0.3, -0.25) is 9.69 Å². The Hall–Kier alpha value is -2.25. The van der Waals surface area contributed by atoms with Crippen LogP contribution in [0.5, 0.6) is 0 Å². The molecule has 0 saturated carbocycles. The third kappa shape index (κ3) is 4.04. The van der Waals surface area contributed by atoms with Crippen LogP contribution in [0, 0.1) is 5.41 Å². The zero-order chi connectivity index (χ0) is 18.7. The molecular weight excluding hydrogens is 344 g/mol. The number of piperidine rings is 2. The molecule has 0 radical (unpaired) electrons. The van der Waals surface area contributed by atoms with Gasteiger partial charge in [0, 0.05) is 37.0 Å². The largest absolute Gasteiger partial charge is 0.395 e. The van der Waals surface area contributed by atoms with Crippen molar-refractivity contribution in [2.75, 3.05) is 32.8 Å². The average Bonchev–Trinajstić information content (AvgIpc) is 3.15. The van der Waals surface area contributed by atoms with E-state index in [-0.39, 0.29) is 17.9 Å². The Morgan fingerprint density at radius 3 is 2.85 bits per heavy atom. The van der Waals surface area contributed by atoms with Crippen LogP contribution in [0.15, 0.2) is 34.9 Å². The Morgan fingerprint density at radius 2 is 2.04 bits per heavy atom. The number of likely N-dealkylation sites (tertiary alicyclic amines) is 2. The number of nitrogens with zero attached hydrogens (tertiary/aromatic N) is 4. The van der Waals surface area contributed by atoms with Crippen molar-refractivity contribution >= 4 is 5.91 Å². The number of aliphatic hydroxyl groups is 1. The van der Waals surface area contributed by atoms with E-state index in [4.69, 9.17) is 4.52 Å². The highest BCUT2D eigenvalue weighted by molar-refractivity contribution is 5.77. The van der Waals surface area contributed by atoms with Gasteiger partial charge in [0.05, 0.1) is 13.2 Å². The molecule has 7 nitrogen and oxygen atoms in total. The molecule has 2 aliphatic heterocycles. The fourth-order valence-electron chi connectivity index (χ4n) is 4.42. The SMILES string of the molecule is O=C1CC[C@]2(CCCN(Cc3noc(-c4ccccc4)n3)C2)CN1CCO. The first kappa shape index (κ1) is 18.1. The number of aromatic nitrogens is 2. The zero-order valence-electron chi connectivity index (χ0n) is 15.5. The Kier molecular flexibility index (Phi) is 5.22. The number of amides is 1. The van der Waals surface area contributed by atoms with Gasteiger partial charge in [0.2, 0.25) is 5.91 Å². The summed E-state index contributed by atoms with van der Waals surface area (Å²) in [6, 6.07) is 9.79. The van der Waals surface area contributed by atoms with Crippen LogP contribution < -0.4 is 0 Å². The molecule has 2 fully saturated rings. The highest BCUT2D eigenvalue weighted by Gasteiger charge is 2.41. The zero-order valence-corrected chi connectivity index (χ0v) is 15.5. The van der Waals surface area contributed by atoms with Crippen molar-refractivity contribution in [2.24, 2.45) is 5.41 Å². The quantitative estimate of drug-likeness (QED) is 0.866. The summed E-state index contributed by atoms with van der Waals surface area (Å²) in [4.78, 5) is 20.8. The van der Waals surface area contributed by atoms with E-state index in [1.807, 2.05) is 35.2 Å². The number of rotatable bonds is 5. The highest BCUT2D eigenvalue weighted by atomic mass is 16.5. The van der Waals surface area contributed by atoms with Gasteiger partial charge >= 0.3 is 0 Å². The summed E-state index contributed by atoms with van der Waals surface area (Å²) >= 11 is 0. The first-order valence-electron chi connectivity index (χ1n) is 9.66. The molecule has 1 N–H and O–H groups in total. The van der Waals surface area contributed by atoms with E-state index >= 15 is 0 Å². The number of β-amino-alcohol motifs (C(OH)–C–C–N with tert-alkyl or cyclic N) is 1. The lowest BCUT2D eigenvalue weighted by Crippen LogP contribution is -2.54. The van der Waals surface area contributed by atoms with Crippen molar-refractivity contribution in [2.45, 2.75) is 32.2 Å². The molecule has 3 heterocycles. The van der Waals surface area contributed by atoms with Crippen LogP contribution in [0.3, 0.4) is 0 Å². The van der Waals surface area contributed by atoms with E-state index in [0.717, 1.165) is 44.5 Å². The molecule has 144 valence electrons. The molecule has 1 atom stereocenters. The van der Waals surface area contributed by atoms with Crippen molar-refractivity contribution in [1.82, 2.24) is 19.9 Å². The molecule has 2 aliphatic rings. The Balaban J connectivity index is 1.42. The van der Waals surface area contributed by atoms with Crippen LogP contribution >= 0.6 is 0 Å². The maximum absolute atomic E-state index is 12.1. The third-order valence-electron chi connectivity index (χ3n) is 5.71. The van der Waals surface area contributed by atoms with Gasteiger partial charge in [-0.15, -0.1) is 0 Å². The minimum absolute atomic E-state index is 0.0245. The molecule has 1 aromatic carbocycles. The van der Waals surface area contributed by atoms with Crippen molar-refractivity contribution in [3.8, 4) is 11.5 Å². The lowest BCUT2D eigenvalue weighted by atomic mass is 9.73. The fraction of sp³-hybridized carbons (Fsp3) is 0.550. The second kappa shape index (κ2) is 7.78. The fourth-order valence-corrected chi connectivity index (χ4v) is 4.42. The number of hydrogen-bond donors (Lipinski definition) is 1. The molecule has 2 saturated heterocycles. The Bertz CT molecular complexity index is 779. The second-order valence-electron chi connectivity index (χ2n) is 7.73. The molecule has 1 aromatic heterocycles. The van der Waals surface area contributed by atoms with E-state index in [9.17, 15) is 9.90 Å². The monoisotopic (exact) mass is 370 g/mol. The lowest BCUT2D eigenvalue weighted by molar-refractivity contribution is -0.140. The molecule has 0 unspecified atom stereocenters. The van der Waals surface area contributed by atoms with Gasteiger partial charge in [-0.2, -0.15) is 4.98 Å². The predicted octanol–water partition coefficient (Wildman–Crippen LogP) is 1.93. The predicted molar refractivity (Wildman–Crippen MR) is 99.6 cm³/mol. The van der Waals surface area contributed by atoms with Crippen molar-refractivity contribution in [1.29, 1.82) is 0 Å². The van der Waals surface area contributed by atoms with E-state index in [0.29, 0.717) is 31.2 Å². The molecule has 1 spiro atoms. The summed E-state index contributed by atoms with van der Waals surface area (Å²) in [5.74, 6) is 1.41. The smallest absolute Gasteiger partial charge is 0.257 e. The topological polar surface area (TPSA) is 82.7 Å². The molecule has 0 aliphatic carbocycles. The van der Waals surface area contributed by atoms with Gasteiger partial charge in [0.15, 0.2) is 5.82 Å². The molecule has 27 heavy (non-hydrogen) atoms. The van der Waals surface area contributed by atoms with Gasteiger partial charge in [0.1, 0.15) is 0 Å². The average molecular weight is 370 g/mol. The summed E-state index contributed by atoms with van der Waals surface area (Å²) in [6.45, 7) is 3.79. The summed E-state index contributed by atoms with van der Waals surface area (Å²) < 4.78 is 5.42. The Labute approximate surface area is 159 Å². The molecule has 7 heteroatoms. The normalized spacial score (nSPS) is 23.9. The van der Waals surface area contributed by atoms with Crippen molar-refractivity contribution in [3.63, 3.8) is 0 Å². The minimum atomic E-state index is 0.0245. The van der Waals surface area contributed by atoms with Crippen LogP contribution in [-0.4, -0.2) is 63.7 Å². The molecule has 2 aromatic rings. The van der Waals surface area contributed by atoms with Crippen molar-refractivity contribution < 1.29 is 14.4 Å². The highest BCUT2D eigenvalue weighted by Crippen LogP contribution is 2.39.